The Morgan fingerprint density at radius 1 is 1.56 bits per heavy atom. The number of carbonyl (C=O) groups excluding carboxylic acids is 2. The van der Waals surface area contributed by atoms with Crippen LogP contribution in [0, 0.1) is 23.7 Å². The summed E-state index contributed by atoms with van der Waals surface area (Å²) < 4.78 is 10.7. The molecule has 16 heavy (non-hydrogen) atoms. The fraction of sp³-hybridized carbons (Fsp3) is 0.818. The Kier molecular flexibility index (Phi) is 2.42. The fourth-order valence-electron chi connectivity index (χ4n) is 3.53. The molecular weight excluding hydrogens is 323 g/mol. The highest BCUT2D eigenvalue weighted by Crippen LogP contribution is 2.60. The average molecular weight is 336 g/mol. The second-order valence-electron chi connectivity index (χ2n) is 4.71. The second kappa shape index (κ2) is 3.58. The van der Waals surface area contributed by atoms with Crippen molar-refractivity contribution in [1.29, 1.82) is 0 Å². The first-order chi connectivity index (χ1) is 7.65. The van der Waals surface area contributed by atoms with E-state index in [0.29, 0.717) is 6.61 Å². The van der Waals surface area contributed by atoms with Crippen molar-refractivity contribution >= 4 is 34.5 Å². The molecule has 2 bridgehead atoms. The van der Waals surface area contributed by atoms with E-state index in [1.54, 1.807) is 6.92 Å². The maximum absolute atomic E-state index is 11.9. The van der Waals surface area contributed by atoms with Crippen LogP contribution in [0.4, 0.5) is 0 Å². The van der Waals surface area contributed by atoms with Crippen molar-refractivity contribution < 1.29 is 19.1 Å². The second-order valence-corrected chi connectivity index (χ2v) is 6.15. The Morgan fingerprint density at radius 2 is 2.31 bits per heavy atom. The van der Waals surface area contributed by atoms with E-state index in [1.165, 1.54) is 0 Å². The molecule has 1 heterocycles. The molecule has 0 spiro atoms. The molecule has 88 valence electrons. The minimum atomic E-state index is -0.252. The van der Waals surface area contributed by atoms with E-state index in [2.05, 4.69) is 22.6 Å². The van der Waals surface area contributed by atoms with Gasteiger partial charge in [0.1, 0.15) is 6.10 Å². The molecule has 4 nitrogen and oxygen atoms in total. The zero-order chi connectivity index (χ0) is 11.4. The third kappa shape index (κ3) is 1.21. The van der Waals surface area contributed by atoms with E-state index < -0.39 is 0 Å². The van der Waals surface area contributed by atoms with Crippen LogP contribution in [0.1, 0.15) is 13.3 Å². The number of fused-ring (bicyclic) bond motifs is 1. The van der Waals surface area contributed by atoms with Gasteiger partial charge in [-0.15, -0.1) is 0 Å². The van der Waals surface area contributed by atoms with E-state index >= 15 is 0 Å². The number of esters is 2. The van der Waals surface area contributed by atoms with Crippen LogP contribution in [0.25, 0.3) is 0 Å². The highest BCUT2D eigenvalue weighted by Gasteiger charge is 2.68. The van der Waals surface area contributed by atoms with Gasteiger partial charge in [-0.2, -0.15) is 0 Å². The molecule has 6 atom stereocenters. The molecule has 3 fully saturated rings. The summed E-state index contributed by atoms with van der Waals surface area (Å²) in [6.07, 6.45) is 0.992. The molecule has 3 rings (SSSR count). The van der Waals surface area contributed by atoms with Crippen molar-refractivity contribution in [3.63, 3.8) is 0 Å². The van der Waals surface area contributed by atoms with E-state index in [-0.39, 0.29) is 45.6 Å². The lowest BCUT2D eigenvalue weighted by Crippen LogP contribution is -2.38. The van der Waals surface area contributed by atoms with E-state index in [4.69, 9.17) is 9.47 Å². The van der Waals surface area contributed by atoms with E-state index in [0.717, 1.165) is 6.42 Å². The van der Waals surface area contributed by atoms with Gasteiger partial charge in [0.2, 0.25) is 0 Å². The SMILES string of the molecule is CCOC(=O)[C@@H]1[C@@H]2C[C@H]3[C@H](OC(=O)[C@H]31)[C@H]2I. The number of rotatable bonds is 2. The molecule has 0 aromatic carbocycles. The maximum atomic E-state index is 11.9. The topological polar surface area (TPSA) is 52.6 Å². The van der Waals surface area contributed by atoms with Crippen LogP contribution < -0.4 is 0 Å². The summed E-state index contributed by atoms with van der Waals surface area (Å²) in [6, 6.07) is 0. The molecule has 0 radical (unpaired) electrons. The largest absolute Gasteiger partial charge is 0.466 e. The van der Waals surface area contributed by atoms with Crippen LogP contribution in [0.5, 0.6) is 0 Å². The Balaban J connectivity index is 1.90. The minimum Gasteiger partial charge on any atom is -0.466 e. The molecule has 2 saturated carbocycles. The first kappa shape index (κ1) is 10.8. The molecular formula is C11H13IO4. The lowest BCUT2D eigenvalue weighted by atomic mass is 9.80. The third-order valence-corrected chi connectivity index (χ3v) is 5.71. The Hall–Kier alpha value is -0.330. The van der Waals surface area contributed by atoms with Crippen LogP contribution in [0.15, 0.2) is 0 Å². The number of hydrogen-bond acceptors (Lipinski definition) is 4. The molecule has 0 amide bonds. The molecule has 1 aliphatic heterocycles. The fourth-order valence-corrected chi connectivity index (χ4v) is 4.95. The molecule has 0 aromatic heterocycles. The first-order valence-electron chi connectivity index (χ1n) is 5.66. The van der Waals surface area contributed by atoms with Crippen LogP contribution >= 0.6 is 22.6 Å². The van der Waals surface area contributed by atoms with Crippen molar-refractivity contribution in [2.75, 3.05) is 6.61 Å². The quantitative estimate of drug-likeness (QED) is 0.431. The number of alkyl halides is 1. The van der Waals surface area contributed by atoms with Crippen molar-refractivity contribution in [3.8, 4) is 0 Å². The molecule has 0 unspecified atom stereocenters. The summed E-state index contributed by atoms with van der Waals surface area (Å²) >= 11 is 2.32. The highest BCUT2D eigenvalue weighted by molar-refractivity contribution is 14.1. The van der Waals surface area contributed by atoms with Gasteiger partial charge in [0.05, 0.1) is 22.4 Å². The standard InChI is InChI=1S/C11H13IO4/c1-2-15-10(13)6-4-3-5-7(6)11(14)16-9(5)8(4)12/h4-9H,2-3H2,1H3/t4-,5+,6+,7+,8-,9-/m0/s1. The van der Waals surface area contributed by atoms with E-state index in [1.807, 2.05) is 0 Å². The lowest BCUT2D eigenvalue weighted by Gasteiger charge is -2.26. The molecule has 0 aromatic rings. The van der Waals surface area contributed by atoms with Crippen LogP contribution in [0.2, 0.25) is 0 Å². The molecule has 3 aliphatic rings. The van der Waals surface area contributed by atoms with Crippen molar-refractivity contribution in [3.05, 3.63) is 0 Å². The maximum Gasteiger partial charge on any atom is 0.310 e. The Labute approximate surface area is 107 Å². The van der Waals surface area contributed by atoms with Gasteiger partial charge in [-0.05, 0) is 19.3 Å². The van der Waals surface area contributed by atoms with E-state index in [9.17, 15) is 9.59 Å². The van der Waals surface area contributed by atoms with Crippen molar-refractivity contribution in [2.24, 2.45) is 23.7 Å². The lowest BCUT2D eigenvalue weighted by molar-refractivity contribution is -0.155. The Bertz CT molecular complexity index is 356. The number of carbonyl (C=O) groups is 2. The van der Waals surface area contributed by atoms with Gasteiger partial charge in [-0.3, -0.25) is 9.59 Å². The predicted molar refractivity (Wildman–Crippen MR) is 62.9 cm³/mol. The first-order valence-corrected chi connectivity index (χ1v) is 6.91. The van der Waals surface area contributed by atoms with Crippen LogP contribution in [0.3, 0.4) is 0 Å². The van der Waals surface area contributed by atoms with Crippen LogP contribution in [-0.4, -0.2) is 28.6 Å². The molecule has 2 aliphatic carbocycles. The third-order valence-electron chi connectivity index (χ3n) is 4.08. The zero-order valence-corrected chi connectivity index (χ0v) is 11.0. The summed E-state index contributed by atoms with van der Waals surface area (Å²) in [5, 5.41) is 0. The molecule has 1 saturated heterocycles. The van der Waals surface area contributed by atoms with Crippen molar-refractivity contribution in [1.82, 2.24) is 0 Å². The smallest absolute Gasteiger partial charge is 0.310 e. The summed E-state index contributed by atoms with van der Waals surface area (Å²) in [5.41, 5.74) is 0. The minimum absolute atomic E-state index is 0.0498. The summed E-state index contributed by atoms with van der Waals surface area (Å²) in [7, 11) is 0. The van der Waals surface area contributed by atoms with Gasteiger partial charge < -0.3 is 9.47 Å². The van der Waals surface area contributed by atoms with Gasteiger partial charge in [-0.25, -0.2) is 0 Å². The molecule has 0 N–H and O–H groups in total. The average Bonchev–Trinajstić information content (AvgIpc) is 2.82. The van der Waals surface area contributed by atoms with Gasteiger partial charge in [0.25, 0.3) is 0 Å². The highest BCUT2D eigenvalue weighted by atomic mass is 127. The van der Waals surface area contributed by atoms with Gasteiger partial charge in [-0.1, -0.05) is 22.6 Å². The van der Waals surface area contributed by atoms with Crippen molar-refractivity contribution in [2.45, 2.75) is 23.4 Å². The molecule has 5 heteroatoms. The summed E-state index contributed by atoms with van der Waals surface area (Å²) in [5.74, 6) is -0.341. The van der Waals surface area contributed by atoms with Gasteiger partial charge >= 0.3 is 11.9 Å². The van der Waals surface area contributed by atoms with Gasteiger partial charge in [0.15, 0.2) is 0 Å². The number of ether oxygens (including phenoxy) is 2. The normalized spacial score (nSPS) is 48.2. The summed E-state index contributed by atoms with van der Waals surface area (Å²) in [6.45, 7) is 2.17. The van der Waals surface area contributed by atoms with Gasteiger partial charge in [0, 0.05) is 5.92 Å². The monoisotopic (exact) mass is 336 g/mol. The summed E-state index contributed by atoms with van der Waals surface area (Å²) in [4.78, 5) is 23.6. The number of halogens is 1. The Morgan fingerprint density at radius 3 is 3.00 bits per heavy atom. The predicted octanol–water partition coefficient (Wildman–Crippen LogP) is 1.16. The number of hydrogen-bond donors (Lipinski definition) is 0. The zero-order valence-electron chi connectivity index (χ0n) is 8.89. The van der Waals surface area contributed by atoms with Crippen LogP contribution in [-0.2, 0) is 19.1 Å².